The van der Waals surface area contributed by atoms with Crippen molar-refractivity contribution in [1.82, 2.24) is 4.90 Å². The number of nitrogens with zero attached hydrogens (tertiary/aromatic N) is 2. The first-order valence-corrected chi connectivity index (χ1v) is 12.4. The van der Waals surface area contributed by atoms with Crippen molar-refractivity contribution >= 4 is 35.1 Å². The number of hydrogen-bond acceptors (Lipinski definition) is 3. The molecule has 0 aliphatic carbocycles. The molecule has 3 aromatic rings. The van der Waals surface area contributed by atoms with Crippen LogP contribution in [0.5, 0.6) is 0 Å². The number of carbonyl (C=O) groups excluding carboxylic acids is 2. The maximum atomic E-state index is 14.3. The third-order valence-corrected chi connectivity index (χ3v) is 8.08. The van der Waals surface area contributed by atoms with Gasteiger partial charge >= 0.3 is 6.03 Å². The van der Waals surface area contributed by atoms with Crippen molar-refractivity contribution in [1.29, 1.82) is 0 Å². The molecule has 1 fully saturated rings. The van der Waals surface area contributed by atoms with Crippen molar-refractivity contribution in [3.05, 3.63) is 94.8 Å². The van der Waals surface area contributed by atoms with Crippen LogP contribution < -0.4 is 10.2 Å². The Hall–Kier alpha value is -3.32. The number of urea groups is 1. The molecular formula is C28H28FN3O2S. The van der Waals surface area contributed by atoms with Gasteiger partial charge in [-0.25, -0.2) is 9.18 Å². The molecule has 5 rings (SSSR count). The van der Waals surface area contributed by atoms with Crippen LogP contribution in [0.15, 0.2) is 66.7 Å². The van der Waals surface area contributed by atoms with Crippen LogP contribution in [-0.2, 0) is 16.2 Å². The Morgan fingerprint density at radius 3 is 2.34 bits per heavy atom. The van der Waals surface area contributed by atoms with E-state index in [0.29, 0.717) is 18.8 Å². The fraction of sp³-hybridized carbons (Fsp3) is 0.286. The van der Waals surface area contributed by atoms with Gasteiger partial charge in [-0.3, -0.25) is 9.69 Å². The Bertz CT molecular complexity index is 1310. The summed E-state index contributed by atoms with van der Waals surface area (Å²) in [6, 6.07) is 19.4. The minimum absolute atomic E-state index is 0.156. The predicted octanol–water partition coefficient (Wildman–Crippen LogP) is 6.20. The van der Waals surface area contributed by atoms with Gasteiger partial charge in [0.05, 0.1) is 12.2 Å². The maximum absolute atomic E-state index is 14.3. The minimum atomic E-state index is -1.18. The van der Waals surface area contributed by atoms with Gasteiger partial charge in [0.2, 0.25) is 0 Å². The van der Waals surface area contributed by atoms with E-state index in [-0.39, 0.29) is 22.5 Å². The second kappa shape index (κ2) is 8.41. The van der Waals surface area contributed by atoms with Crippen molar-refractivity contribution in [3.8, 4) is 0 Å². The molecule has 0 saturated carbocycles. The average Bonchev–Trinajstić information content (AvgIpc) is 3.23. The molecule has 2 aliphatic heterocycles. The zero-order valence-electron chi connectivity index (χ0n) is 20.3. The summed E-state index contributed by atoms with van der Waals surface area (Å²) in [6.07, 6.45) is 0. The number of nitrogens with one attached hydrogen (secondary N) is 1. The van der Waals surface area contributed by atoms with Crippen LogP contribution >= 0.6 is 11.8 Å². The van der Waals surface area contributed by atoms with Crippen LogP contribution in [-0.4, -0.2) is 28.1 Å². The van der Waals surface area contributed by atoms with Crippen LogP contribution in [0.3, 0.4) is 0 Å². The number of fused-ring (bicyclic) bond motifs is 2. The van der Waals surface area contributed by atoms with Crippen molar-refractivity contribution in [2.45, 2.75) is 43.9 Å². The lowest BCUT2D eigenvalue weighted by Crippen LogP contribution is -2.51. The van der Waals surface area contributed by atoms with E-state index >= 15 is 0 Å². The monoisotopic (exact) mass is 489 g/mol. The molecule has 3 aromatic carbocycles. The van der Waals surface area contributed by atoms with Gasteiger partial charge in [0, 0.05) is 22.5 Å². The van der Waals surface area contributed by atoms with Gasteiger partial charge in [-0.15, -0.1) is 11.8 Å². The number of hydrogen-bond donors (Lipinski definition) is 1. The lowest BCUT2D eigenvalue weighted by Gasteiger charge is -2.33. The van der Waals surface area contributed by atoms with Crippen LogP contribution in [0.2, 0.25) is 0 Å². The molecule has 0 aromatic heterocycles. The second-order valence-electron chi connectivity index (χ2n) is 9.93. The molecule has 2 aliphatic rings. The Kier molecular flexibility index (Phi) is 5.63. The molecule has 1 saturated heterocycles. The first-order chi connectivity index (χ1) is 16.6. The summed E-state index contributed by atoms with van der Waals surface area (Å²) < 4.78 is 13.2. The number of anilines is 2. The third-order valence-electron chi connectivity index (χ3n) is 6.49. The van der Waals surface area contributed by atoms with Crippen molar-refractivity contribution in [2.24, 2.45) is 0 Å². The van der Waals surface area contributed by atoms with Gasteiger partial charge in [0.25, 0.3) is 5.91 Å². The van der Waals surface area contributed by atoms with E-state index in [1.807, 2.05) is 56.3 Å². The summed E-state index contributed by atoms with van der Waals surface area (Å²) in [7, 11) is 0. The molecule has 0 radical (unpaired) electrons. The standard InChI is InChI=1S/C28H28FN3O2S/c1-18-5-12-22(13-6-18)30-26(34)32-17-27(3,4)35-28(32)23-15-19(2)7-14-24(23)31(25(28)33)16-20-8-10-21(29)11-9-20/h5-15H,16-17H2,1-4H3,(H,30,34). The smallest absolute Gasteiger partial charge is 0.308 e. The third kappa shape index (κ3) is 4.08. The number of carbonyl (C=O) groups is 2. The van der Waals surface area contributed by atoms with E-state index in [1.54, 1.807) is 21.9 Å². The van der Waals surface area contributed by atoms with E-state index in [9.17, 15) is 14.0 Å². The Labute approximate surface area is 209 Å². The quantitative estimate of drug-likeness (QED) is 0.477. The Morgan fingerprint density at radius 1 is 1.00 bits per heavy atom. The summed E-state index contributed by atoms with van der Waals surface area (Å²) in [4.78, 5) is 30.2. The summed E-state index contributed by atoms with van der Waals surface area (Å²) >= 11 is 1.52. The lowest BCUT2D eigenvalue weighted by molar-refractivity contribution is -0.123. The van der Waals surface area contributed by atoms with Gasteiger partial charge in [0.15, 0.2) is 4.87 Å². The number of aryl methyl sites for hydroxylation is 2. The van der Waals surface area contributed by atoms with Crippen molar-refractivity contribution < 1.29 is 14.0 Å². The largest absolute Gasteiger partial charge is 0.323 e. The zero-order valence-corrected chi connectivity index (χ0v) is 21.1. The number of amides is 3. The van der Waals surface area contributed by atoms with E-state index in [1.165, 1.54) is 23.9 Å². The number of thioether (sulfide) groups is 1. The van der Waals surface area contributed by atoms with Crippen molar-refractivity contribution in [3.63, 3.8) is 0 Å². The van der Waals surface area contributed by atoms with Gasteiger partial charge in [-0.2, -0.15) is 0 Å². The Morgan fingerprint density at radius 2 is 1.66 bits per heavy atom. The molecule has 180 valence electrons. The molecule has 1 unspecified atom stereocenters. The molecule has 0 bridgehead atoms. The molecule has 2 heterocycles. The highest BCUT2D eigenvalue weighted by atomic mass is 32.2. The van der Waals surface area contributed by atoms with E-state index in [2.05, 4.69) is 19.2 Å². The SMILES string of the molecule is Cc1ccc(NC(=O)N2CC(C)(C)SC23C(=O)N(Cc2ccc(F)cc2)c2ccc(C)cc23)cc1. The fourth-order valence-electron chi connectivity index (χ4n) is 4.88. The van der Waals surface area contributed by atoms with Crippen molar-refractivity contribution in [2.75, 3.05) is 16.8 Å². The highest BCUT2D eigenvalue weighted by Crippen LogP contribution is 2.60. The normalized spacial score (nSPS) is 20.4. The highest BCUT2D eigenvalue weighted by Gasteiger charge is 2.63. The molecule has 3 amide bonds. The lowest BCUT2D eigenvalue weighted by atomic mass is 10.0. The molecule has 1 spiro atoms. The van der Waals surface area contributed by atoms with Crippen LogP contribution in [0.25, 0.3) is 0 Å². The van der Waals surface area contributed by atoms with Crippen LogP contribution in [0, 0.1) is 19.7 Å². The van der Waals surface area contributed by atoms with Gasteiger partial charge in [0.1, 0.15) is 5.82 Å². The van der Waals surface area contributed by atoms with Crippen LogP contribution in [0.4, 0.5) is 20.6 Å². The summed E-state index contributed by atoms with van der Waals surface area (Å²) in [5.41, 5.74) is 5.22. The maximum Gasteiger partial charge on any atom is 0.323 e. The molecule has 35 heavy (non-hydrogen) atoms. The zero-order chi connectivity index (χ0) is 25.0. The molecule has 5 nitrogen and oxygen atoms in total. The van der Waals surface area contributed by atoms with Gasteiger partial charge in [-0.05, 0) is 63.6 Å². The summed E-state index contributed by atoms with van der Waals surface area (Å²) in [6.45, 7) is 8.81. The van der Waals surface area contributed by atoms with E-state index < -0.39 is 4.87 Å². The van der Waals surface area contributed by atoms with Gasteiger partial charge < -0.3 is 10.2 Å². The first kappa shape index (κ1) is 23.4. The topological polar surface area (TPSA) is 52.7 Å². The molecule has 1 N–H and O–H groups in total. The molecule has 7 heteroatoms. The fourth-order valence-corrected chi connectivity index (χ4v) is 6.60. The Balaban J connectivity index is 1.57. The number of rotatable bonds is 3. The minimum Gasteiger partial charge on any atom is -0.308 e. The first-order valence-electron chi connectivity index (χ1n) is 11.6. The summed E-state index contributed by atoms with van der Waals surface area (Å²) in [5.74, 6) is -0.474. The molecular weight excluding hydrogens is 461 g/mol. The van der Waals surface area contributed by atoms with Crippen LogP contribution in [0.1, 0.15) is 36.1 Å². The van der Waals surface area contributed by atoms with E-state index in [4.69, 9.17) is 0 Å². The number of halogens is 1. The number of benzene rings is 3. The second-order valence-corrected chi connectivity index (χ2v) is 11.8. The van der Waals surface area contributed by atoms with Gasteiger partial charge in [-0.1, -0.05) is 47.5 Å². The predicted molar refractivity (Wildman–Crippen MR) is 139 cm³/mol. The summed E-state index contributed by atoms with van der Waals surface area (Å²) in [5, 5.41) is 3.00. The van der Waals surface area contributed by atoms with E-state index in [0.717, 1.165) is 27.9 Å². The highest BCUT2D eigenvalue weighted by molar-refractivity contribution is 8.02. The average molecular weight is 490 g/mol. The molecule has 1 atom stereocenters.